The number of carbonyl (C=O) groups excluding carboxylic acids is 1. The molecule has 0 aliphatic rings. The highest BCUT2D eigenvalue weighted by Gasteiger charge is 2.07. The van der Waals surface area contributed by atoms with Crippen molar-refractivity contribution in [1.82, 2.24) is 5.32 Å². The molecule has 0 saturated carbocycles. The normalized spacial score (nSPS) is 11.9. The number of para-hydroxylation sites is 1. The summed E-state index contributed by atoms with van der Waals surface area (Å²) in [7, 11) is 0. The summed E-state index contributed by atoms with van der Waals surface area (Å²) in [6.45, 7) is 4.70. The van der Waals surface area contributed by atoms with Crippen molar-refractivity contribution in [2.75, 3.05) is 13.2 Å². The molecule has 1 aromatic carbocycles. The van der Waals surface area contributed by atoms with E-state index in [0.29, 0.717) is 6.54 Å². The first-order valence-electron chi connectivity index (χ1n) is 6.36. The monoisotopic (exact) mass is 250 g/mol. The lowest BCUT2D eigenvalue weighted by Crippen LogP contribution is -2.29. The van der Waals surface area contributed by atoms with Gasteiger partial charge in [-0.1, -0.05) is 25.1 Å². The van der Waals surface area contributed by atoms with Crippen LogP contribution in [0.25, 0.3) is 0 Å². The molecule has 0 spiro atoms. The summed E-state index contributed by atoms with van der Waals surface area (Å²) in [6, 6.07) is 7.75. The Hall–Kier alpha value is -1.55. The summed E-state index contributed by atoms with van der Waals surface area (Å²) in [5.74, 6) is 0.647. The van der Waals surface area contributed by atoms with Crippen LogP contribution in [0.3, 0.4) is 0 Å². The van der Waals surface area contributed by atoms with E-state index in [0.717, 1.165) is 24.2 Å². The number of rotatable bonds is 7. The summed E-state index contributed by atoms with van der Waals surface area (Å²) in [4.78, 5) is 11.4. The number of hydrogen-bond donors (Lipinski definition) is 2. The van der Waals surface area contributed by atoms with E-state index in [4.69, 9.17) is 10.5 Å². The van der Waals surface area contributed by atoms with Gasteiger partial charge in [0.1, 0.15) is 5.75 Å². The summed E-state index contributed by atoms with van der Waals surface area (Å²) >= 11 is 0. The Balaban J connectivity index is 2.53. The van der Waals surface area contributed by atoms with Crippen LogP contribution in [0.5, 0.6) is 5.75 Å². The number of nitrogens with one attached hydrogen (secondary N) is 1. The van der Waals surface area contributed by atoms with Gasteiger partial charge in [-0.15, -0.1) is 0 Å². The van der Waals surface area contributed by atoms with Crippen molar-refractivity contribution < 1.29 is 9.53 Å². The van der Waals surface area contributed by atoms with Crippen molar-refractivity contribution in [3.8, 4) is 5.75 Å². The first-order valence-corrected chi connectivity index (χ1v) is 6.36. The van der Waals surface area contributed by atoms with Crippen molar-refractivity contribution in [2.24, 2.45) is 5.73 Å². The summed E-state index contributed by atoms with van der Waals surface area (Å²) in [5.41, 5.74) is 6.82. The van der Waals surface area contributed by atoms with Gasteiger partial charge in [0.05, 0.1) is 0 Å². The van der Waals surface area contributed by atoms with Crippen molar-refractivity contribution in [1.29, 1.82) is 0 Å². The lowest BCUT2D eigenvalue weighted by Gasteiger charge is -2.12. The Morgan fingerprint density at radius 1 is 1.44 bits per heavy atom. The van der Waals surface area contributed by atoms with Crippen LogP contribution in [0.2, 0.25) is 0 Å². The van der Waals surface area contributed by atoms with E-state index in [-0.39, 0.29) is 18.6 Å². The molecule has 3 N–H and O–H groups in total. The van der Waals surface area contributed by atoms with Gasteiger partial charge in [-0.25, -0.2) is 0 Å². The SMILES string of the molecule is CCCNC(=O)COc1ccccc1CC(C)N. The van der Waals surface area contributed by atoms with Gasteiger partial charge < -0.3 is 15.8 Å². The number of carbonyl (C=O) groups is 1. The van der Waals surface area contributed by atoms with Gasteiger partial charge in [-0.3, -0.25) is 4.79 Å². The van der Waals surface area contributed by atoms with Crippen molar-refractivity contribution in [2.45, 2.75) is 32.7 Å². The van der Waals surface area contributed by atoms with E-state index in [1.54, 1.807) is 0 Å². The highest BCUT2D eigenvalue weighted by molar-refractivity contribution is 5.77. The Bertz CT molecular complexity index is 378. The van der Waals surface area contributed by atoms with Crippen LogP contribution >= 0.6 is 0 Å². The fraction of sp³-hybridized carbons (Fsp3) is 0.500. The summed E-state index contributed by atoms with van der Waals surface area (Å²) in [5, 5.41) is 2.77. The molecule has 18 heavy (non-hydrogen) atoms. The van der Waals surface area contributed by atoms with Crippen LogP contribution in [0.4, 0.5) is 0 Å². The topological polar surface area (TPSA) is 64.3 Å². The molecule has 1 atom stereocenters. The van der Waals surface area contributed by atoms with E-state index in [9.17, 15) is 4.79 Å². The Morgan fingerprint density at radius 3 is 2.83 bits per heavy atom. The maximum atomic E-state index is 11.4. The molecule has 1 rings (SSSR count). The molecule has 0 saturated heterocycles. The standard InChI is InChI=1S/C14H22N2O2/c1-3-8-16-14(17)10-18-13-7-5-4-6-12(13)9-11(2)15/h4-7,11H,3,8-10,15H2,1-2H3,(H,16,17). The van der Waals surface area contributed by atoms with Crippen LogP contribution in [0.1, 0.15) is 25.8 Å². The zero-order valence-corrected chi connectivity index (χ0v) is 11.1. The first kappa shape index (κ1) is 14.5. The quantitative estimate of drug-likeness (QED) is 0.770. The second-order valence-electron chi connectivity index (χ2n) is 4.43. The molecule has 1 aromatic rings. The van der Waals surface area contributed by atoms with E-state index in [2.05, 4.69) is 5.32 Å². The second kappa shape index (κ2) is 7.71. The maximum Gasteiger partial charge on any atom is 0.257 e. The minimum atomic E-state index is -0.0903. The Labute approximate surface area is 109 Å². The molecule has 100 valence electrons. The van der Waals surface area contributed by atoms with Crippen molar-refractivity contribution in [3.63, 3.8) is 0 Å². The predicted molar refractivity (Wildman–Crippen MR) is 72.6 cm³/mol. The third-order valence-electron chi connectivity index (χ3n) is 2.45. The number of benzene rings is 1. The Kier molecular flexibility index (Phi) is 6.22. The zero-order valence-electron chi connectivity index (χ0n) is 11.1. The molecule has 0 radical (unpaired) electrons. The molecule has 0 bridgehead atoms. The highest BCUT2D eigenvalue weighted by Crippen LogP contribution is 2.19. The van der Waals surface area contributed by atoms with Crippen LogP contribution in [0, 0.1) is 0 Å². The predicted octanol–water partition coefficient (Wildman–Crippen LogP) is 1.48. The zero-order chi connectivity index (χ0) is 13.4. The molecular weight excluding hydrogens is 228 g/mol. The van der Waals surface area contributed by atoms with Crippen LogP contribution in [0.15, 0.2) is 24.3 Å². The average Bonchev–Trinajstić information content (AvgIpc) is 2.34. The molecule has 4 heteroatoms. The fourth-order valence-electron chi connectivity index (χ4n) is 1.62. The minimum Gasteiger partial charge on any atom is -0.483 e. The van der Waals surface area contributed by atoms with E-state index >= 15 is 0 Å². The molecular formula is C14H22N2O2. The number of nitrogens with two attached hydrogens (primary N) is 1. The minimum absolute atomic E-state index is 0.0516. The van der Waals surface area contributed by atoms with Crippen LogP contribution in [-0.4, -0.2) is 25.1 Å². The van der Waals surface area contributed by atoms with Gasteiger partial charge in [0.2, 0.25) is 0 Å². The molecule has 1 unspecified atom stereocenters. The van der Waals surface area contributed by atoms with E-state index < -0.39 is 0 Å². The lowest BCUT2D eigenvalue weighted by molar-refractivity contribution is -0.123. The highest BCUT2D eigenvalue weighted by atomic mass is 16.5. The van der Waals surface area contributed by atoms with Gasteiger partial charge >= 0.3 is 0 Å². The molecule has 0 aliphatic heterocycles. The molecule has 0 fully saturated rings. The smallest absolute Gasteiger partial charge is 0.257 e. The molecule has 0 aromatic heterocycles. The third-order valence-corrected chi connectivity index (χ3v) is 2.45. The largest absolute Gasteiger partial charge is 0.483 e. The van der Waals surface area contributed by atoms with Gasteiger partial charge in [0.25, 0.3) is 5.91 Å². The molecule has 1 amide bonds. The third kappa shape index (κ3) is 5.19. The number of ether oxygens (including phenoxy) is 1. The summed E-state index contributed by atoms with van der Waals surface area (Å²) < 4.78 is 5.53. The number of hydrogen-bond acceptors (Lipinski definition) is 3. The van der Waals surface area contributed by atoms with Crippen LogP contribution < -0.4 is 15.8 Å². The van der Waals surface area contributed by atoms with Gasteiger partial charge in [-0.2, -0.15) is 0 Å². The van der Waals surface area contributed by atoms with Gasteiger partial charge in [0.15, 0.2) is 6.61 Å². The van der Waals surface area contributed by atoms with Crippen molar-refractivity contribution in [3.05, 3.63) is 29.8 Å². The second-order valence-corrected chi connectivity index (χ2v) is 4.43. The van der Waals surface area contributed by atoms with Gasteiger partial charge in [-0.05, 0) is 31.4 Å². The fourth-order valence-corrected chi connectivity index (χ4v) is 1.62. The summed E-state index contributed by atoms with van der Waals surface area (Å²) in [6.07, 6.45) is 1.67. The van der Waals surface area contributed by atoms with E-state index in [1.165, 1.54) is 0 Å². The molecule has 0 heterocycles. The van der Waals surface area contributed by atoms with Crippen LogP contribution in [-0.2, 0) is 11.2 Å². The van der Waals surface area contributed by atoms with Gasteiger partial charge in [0, 0.05) is 12.6 Å². The first-order chi connectivity index (χ1) is 8.63. The molecule has 4 nitrogen and oxygen atoms in total. The maximum absolute atomic E-state index is 11.4. The molecule has 0 aliphatic carbocycles. The van der Waals surface area contributed by atoms with Crippen molar-refractivity contribution >= 4 is 5.91 Å². The van der Waals surface area contributed by atoms with E-state index in [1.807, 2.05) is 38.1 Å². The lowest BCUT2D eigenvalue weighted by atomic mass is 10.1. The number of amides is 1. The average molecular weight is 250 g/mol. The Morgan fingerprint density at radius 2 is 2.17 bits per heavy atom.